The van der Waals surface area contributed by atoms with E-state index in [0.29, 0.717) is 13.0 Å². The van der Waals surface area contributed by atoms with Gasteiger partial charge in [0.2, 0.25) is 0 Å². The zero-order chi connectivity index (χ0) is 12.7. The third-order valence-electron chi connectivity index (χ3n) is 3.39. The number of likely N-dealkylation sites (tertiary alicyclic amines) is 1. The Bertz CT molecular complexity index is 308. The molecule has 0 aromatic rings. The van der Waals surface area contributed by atoms with E-state index in [2.05, 4.69) is 5.32 Å². The molecule has 2 saturated heterocycles. The molecule has 0 aromatic carbocycles. The van der Waals surface area contributed by atoms with Crippen molar-refractivity contribution in [2.75, 3.05) is 19.6 Å². The fraction of sp³-hybridized carbons (Fsp3) is 0.917. The molecule has 2 atom stereocenters. The van der Waals surface area contributed by atoms with E-state index in [1.165, 1.54) is 0 Å². The van der Waals surface area contributed by atoms with Crippen LogP contribution in [0.1, 0.15) is 33.6 Å². The Morgan fingerprint density at radius 3 is 2.76 bits per heavy atom. The average Bonchev–Trinajstić information content (AvgIpc) is 2.72. The Morgan fingerprint density at radius 1 is 1.53 bits per heavy atom. The van der Waals surface area contributed by atoms with Crippen LogP contribution < -0.4 is 5.32 Å². The summed E-state index contributed by atoms with van der Waals surface area (Å²) in [6, 6.07) is 0. The number of carbonyl (C=O) groups is 1. The van der Waals surface area contributed by atoms with E-state index in [1.807, 2.05) is 20.8 Å². The van der Waals surface area contributed by atoms with Gasteiger partial charge in [-0.15, -0.1) is 0 Å². The minimum absolute atomic E-state index is 0.163. The van der Waals surface area contributed by atoms with Crippen LogP contribution in [-0.2, 0) is 4.74 Å². The highest BCUT2D eigenvalue weighted by Crippen LogP contribution is 2.36. The minimum Gasteiger partial charge on any atom is -0.444 e. The maximum absolute atomic E-state index is 13.6. The molecular formula is C12H21FN2O2. The number of nitrogens with one attached hydrogen (secondary N) is 1. The molecule has 5 heteroatoms. The molecule has 0 radical (unpaired) electrons. The molecule has 0 aliphatic carbocycles. The third-order valence-corrected chi connectivity index (χ3v) is 3.39. The molecule has 2 rings (SSSR count). The summed E-state index contributed by atoms with van der Waals surface area (Å²) in [4.78, 5) is 13.7. The van der Waals surface area contributed by atoms with E-state index >= 15 is 0 Å². The molecule has 0 bridgehead atoms. The van der Waals surface area contributed by atoms with Crippen molar-refractivity contribution in [3.63, 3.8) is 0 Å². The summed E-state index contributed by atoms with van der Waals surface area (Å²) in [5.74, 6) is 0. The van der Waals surface area contributed by atoms with Gasteiger partial charge in [0.25, 0.3) is 0 Å². The Balaban J connectivity index is 2.10. The molecule has 1 amide bonds. The van der Waals surface area contributed by atoms with E-state index in [1.54, 1.807) is 4.90 Å². The van der Waals surface area contributed by atoms with Gasteiger partial charge in [-0.3, -0.25) is 4.90 Å². The van der Waals surface area contributed by atoms with Crippen molar-refractivity contribution < 1.29 is 13.9 Å². The van der Waals surface area contributed by atoms with Gasteiger partial charge in [-0.25, -0.2) is 9.18 Å². The molecule has 0 aromatic heterocycles. The lowest BCUT2D eigenvalue weighted by molar-refractivity contribution is 0.0105. The van der Waals surface area contributed by atoms with Gasteiger partial charge < -0.3 is 10.1 Å². The lowest BCUT2D eigenvalue weighted by Gasteiger charge is -2.35. The molecule has 2 fully saturated rings. The number of alkyl halides is 1. The van der Waals surface area contributed by atoms with Gasteiger partial charge in [0, 0.05) is 13.0 Å². The molecule has 0 saturated carbocycles. The van der Waals surface area contributed by atoms with Crippen LogP contribution in [0, 0.1) is 0 Å². The van der Waals surface area contributed by atoms with Crippen molar-refractivity contribution in [3.8, 4) is 0 Å². The number of nitrogens with zero attached hydrogens (tertiary/aromatic N) is 1. The molecule has 4 nitrogen and oxygen atoms in total. The second-order valence-corrected chi connectivity index (χ2v) is 6.04. The first kappa shape index (κ1) is 12.6. The number of ether oxygens (including phenoxy) is 1. The normalized spacial score (nSPS) is 33.4. The smallest absolute Gasteiger partial charge is 0.410 e. The molecule has 1 spiro atoms. The lowest BCUT2D eigenvalue weighted by Crippen LogP contribution is -2.50. The van der Waals surface area contributed by atoms with Gasteiger partial charge in [0.15, 0.2) is 0 Å². The average molecular weight is 244 g/mol. The summed E-state index contributed by atoms with van der Waals surface area (Å²) in [5.41, 5.74) is -0.888. The first-order valence-corrected chi connectivity index (χ1v) is 6.18. The summed E-state index contributed by atoms with van der Waals surface area (Å²) in [7, 11) is 0. The summed E-state index contributed by atoms with van der Waals surface area (Å²) < 4.78 is 18.9. The molecule has 1 N–H and O–H groups in total. The highest BCUT2D eigenvalue weighted by molar-refractivity contribution is 5.70. The fourth-order valence-corrected chi connectivity index (χ4v) is 2.70. The second kappa shape index (κ2) is 4.12. The molecule has 2 aliphatic rings. The largest absolute Gasteiger partial charge is 0.444 e. The molecular weight excluding hydrogens is 223 g/mol. The predicted octanol–water partition coefficient (Wildman–Crippen LogP) is 1.70. The van der Waals surface area contributed by atoms with Crippen LogP contribution in [0.3, 0.4) is 0 Å². The first-order chi connectivity index (χ1) is 7.82. The summed E-state index contributed by atoms with van der Waals surface area (Å²) >= 11 is 0. The maximum Gasteiger partial charge on any atom is 0.410 e. The Kier molecular flexibility index (Phi) is 3.06. The Labute approximate surface area is 101 Å². The van der Waals surface area contributed by atoms with Crippen LogP contribution in [0.4, 0.5) is 9.18 Å². The number of hydrogen-bond acceptors (Lipinski definition) is 3. The molecule has 2 heterocycles. The second-order valence-electron chi connectivity index (χ2n) is 6.04. The van der Waals surface area contributed by atoms with Crippen molar-refractivity contribution >= 4 is 6.09 Å². The van der Waals surface area contributed by atoms with Crippen LogP contribution in [0.25, 0.3) is 0 Å². The summed E-state index contributed by atoms with van der Waals surface area (Å²) in [6.07, 6.45) is -0.0740. The summed E-state index contributed by atoms with van der Waals surface area (Å²) in [6.45, 7) is 7.16. The van der Waals surface area contributed by atoms with Gasteiger partial charge in [-0.1, -0.05) is 0 Å². The zero-order valence-corrected chi connectivity index (χ0v) is 10.8. The van der Waals surface area contributed by atoms with E-state index in [4.69, 9.17) is 4.74 Å². The van der Waals surface area contributed by atoms with Gasteiger partial charge >= 0.3 is 6.09 Å². The van der Waals surface area contributed by atoms with E-state index in [-0.39, 0.29) is 18.2 Å². The van der Waals surface area contributed by atoms with Crippen LogP contribution >= 0.6 is 0 Å². The number of amides is 1. The molecule has 98 valence electrons. The minimum atomic E-state index is -0.928. The molecule has 2 unspecified atom stereocenters. The SMILES string of the molecule is CC(C)(C)OC(=O)N1CC(F)CC12CCNC2. The number of carbonyl (C=O) groups excluding carboxylic acids is 1. The Hall–Kier alpha value is -0.840. The van der Waals surface area contributed by atoms with Crippen molar-refractivity contribution in [2.24, 2.45) is 0 Å². The fourth-order valence-electron chi connectivity index (χ4n) is 2.70. The monoisotopic (exact) mass is 244 g/mol. The van der Waals surface area contributed by atoms with Crippen molar-refractivity contribution in [1.29, 1.82) is 0 Å². The van der Waals surface area contributed by atoms with Crippen LogP contribution in [0.2, 0.25) is 0 Å². The van der Waals surface area contributed by atoms with E-state index in [9.17, 15) is 9.18 Å². The molecule has 17 heavy (non-hydrogen) atoms. The summed E-state index contributed by atoms with van der Waals surface area (Å²) in [5, 5.41) is 3.21. The van der Waals surface area contributed by atoms with Gasteiger partial charge in [-0.2, -0.15) is 0 Å². The maximum atomic E-state index is 13.6. The van der Waals surface area contributed by atoms with Crippen molar-refractivity contribution in [3.05, 3.63) is 0 Å². The topological polar surface area (TPSA) is 41.6 Å². The van der Waals surface area contributed by atoms with E-state index in [0.717, 1.165) is 13.0 Å². The van der Waals surface area contributed by atoms with Crippen LogP contribution in [0.5, 0.6) is 0 Å². The molecule has 2 aliphatic heterocycles. The lowest BCUT2D eigenvalue weighted by atomic mass is 9.95. The Morgan fingerprint density at radius 2 is 2.24 bits per heavy atom. The third kappa shape index (κ3) is 2.54. The predicted molar refractivity (Wildman–Crippen MR) is 62.7 cm³/mol. The highest BCUT2D eigenvalue weighted by Gasteiger charge is 2.50. The van der Waals surface area contributed by atoms with E-state index < -0.39 is 11.8 Å². The number of rotatable bonds is 0. The highest BCUT2D eigenvalue weighted by atomic mass is 19.1. The van der Waals surface area contributed by atoms with Gasteiger partial charge in [0.05, 0.1) is 12.1 Å². The van der Waals surface area contributed by atoms with Gasteiger partial charge in [-0.05, 0) is 33.7 Å². The quantitative estimate of drug-likeness (QED) is 0.705. The number of hydrogen-bond donors (Lipinski definition) is 1. The van der Waals surface area contributed by atoms with Crippen molar-refractivity contribution in [1.82, 2.24) is 10.2 Å². The van der Waals surface area contributed by atoms with Crippen LogP contribution in [-0.4, -0.2) is 47.9 Å². The van der Waals surface area contributed by atoms with Gasteiger partial charge in [0.1, 0.15) is 11.8 Å². The van der Waals surface area contributed by atoms with Crippen molar-refractivity contribution in [2.45, 2.75) is 50.9 Å². The zero-order valence-electron chi connectivity index (χ0n) is 10.8. The van der Waals surface area contributed by atoms with Crippen LogP contribution in [0.15, 0.2) is 0 Å². The first-order valence-electron chi connectivity index (χ1n) is 6.18. The standard InChI is InChI=1S/C12H21FN2O2/c1-11(2,3)17-10(16)15-7-9(13)6-12(15)4-5-14-8-12/h9,14H,4-8H2,1-3H3. The number of halogens is 1.